The summed E-state index contributed by atoms with van der Waals surface area (Å²) in [7, 11) is 4.00. The summed E-state index contributed by atoms with van der Waals surface area (Å²) in [4.78, 5) is 14.1. The molecular weight excluding hydrogens is 343 g/mol. The van der Waals surface area contributed by atoms with Gasteiger partial charge >= 0.3 is 0 Å². The number of phenolic OH excluding ortho intramolecular Hbond substituents is 1. The Balaban J connectivity index is 2.62. The van der Waals surface area contributed by atoms with Crippen molar-refractivity contribution in [3.05, 3.63) is 27.3 Å². The van der Waals surface area contributed by atoms with Crippen molar-refractivity contribution in [3.8, 4) is 5.75 Å². The first kappa shape index (κ1) is 15.2. The maximum absolute atomic E-state index is 12.0. The van der Waals surface area contributed by atoms with Crippen LogP contribution in [0.4, 0.5) is 0 Å². The largest absolute Gasteiger partial charge is 0.507 e. The Morgan fingerprint density at radius 2 is 2.17 bits per heavy atom. The molecule has 0 aliphatic rings. The smallest absolute Gasteiger partial charge is 0.255 e. The van der Waals surface area contributed by atoms with Crippen LogP contribution in [0.5, 0.6) is 5.75 Å². The van der Waals surface area contributed by atoms with Crippen molar-refractivity contribution in [2.24, 2.45) is 0 Å². The van der Waals surface area contributed by atoms with Gasteiger partial charge in [0.2, 0.25) is 0 Å². The number of nitrogens with zero attached hydrogens (tertiary/aromatic N) is 1. The highest BCUT2D eigenvalue weighted by molar-refractivity contribution is 14.1. The van der Waals surface area contributed by atoms with Gasteiger partial charge in [-0.1, -0.05) is 0 Å². The Bertz CT molecular complexity index is 421. The highest BCUT2D eigenvalue weighted by Gasteiger charge is 2.14. The second-order valence-electron chi connectivity index (χ2n) is 4.63. The number of hydrogen-bond acceptors (Lipinski definition) is 3. The zero-order chi connectivity index (χ0) is 13.7. The Hall–Kier alpha value is -0.820. The number of halogens is 1. The maximum atomic E-state index is 12.0. The molecule has 1 aromatic rings. The average molecular weight is 362 g/mol. The van der Waals surface area contributed by atoms with E-state index in [0.717, 1.165) is 16.5 Å². The number of hydrogen-bond donors (Lipinski definition) is 2. The first-order valence-corrected chi connectivity index (χ1v) is 6.92. The van der Waals surface area contributed by atoms with Crippen LogP contribution in [0.1, 0.15) is 23.7 Å². The van der Waals surface area contributed by atoms with Crippen LogP contribution in [-0.2, 0) is 0 Å². The lowest BCUT2D eigenvalue weighted by molar-refractivity contribution is 0.0934. The average Bonchev–Trinajstić information content (AvgIpc) is 2.29. The van der Waals surface area contributed by atoms with E-state index in [1.165, 1.54) is 0 Å². The predicted molar refractivity (Wildman–Crippen MR) is 80.9 cm³/mol. The van der Waals surface area contributed by atoms with Gasteiger partial charge < -0.3 is 15.3 Å². The molecule has 0 saturated carbocycles. The van der Waals surface area contributed by atoms with Crippen LogP contribution < -0.4 is 5.32 Å². The molecule has 1 atom stereocenters. The molecule has 1 amide bonds. The fourth-order valence-corrected chi connectivity index (χ4v) is 2.01. The number of benzene rings is 1. The van der Waals surface area contributed by atoms with Crippen molar-refractivity contribution in [3.63, 3.8) is 0 Å². The number of phenols is 1. The van der Waals surface area contributed by atoms with Gasteiger partial charge in [-0.3, -0.25) is 4.79 Å². The van der Waals surface area contributed by atoms with E-state index in [1.54, 1.807) is 18.2 Å². The quantitative estimate of drug-likeness (QED) is 0.789. The van der Waals surface area contributed by atoms with Crippen molar-refractivity contribution in [1.82, 2.24) is 10.2 Å². The van der Waals surface area contributed by atoms with Gasteiger partial charge in [-0.15, -0.1) is 0 Å². The first-order valence-electron chi connectivity index (χ1n) is 5.84. The lowest BCUT2D eigenvalue weighted by atomic mass is 10.1. The third-order valence-corrected chi connectivity index (χ3v) is 3.26. The topological polar surface area (TPSA) is 52.6 Å². The Kier molecular flexibility index (Phi) is 5.87. The van der Waals surface area contributed by atoms with Crippen LogP contribution in [0.3, 0.4) is 0 Å². The van der Waals surface area contributed by atoms with Crippen molar-refractivity contribution < 1.29 is 9.90 Å². The van der Waals surface area contributed by atoms with Gasteiger partial charge in [0.25, 0.3) is 5.91 Å². The Labute approximate surface area is 122 Å². The SMILES string of the molecule is CC(CCN(C)C)NC(=O)c1cc(I)ccc1O. The fraction of sp³-hybridized carbons (Fsp3) is 0.462. The second kappa shape index (κ2) is 6.94. The molecule has 4 nitrogen and oxygen atoms in total. The highest BCUT2D eigenvalue weighted by atomic mass is 127. The maximum Gasteiger partial charge on any atom is 0.255 e. The summed E-state index contributed by atoms with van der Waals surface area (Å²) in [6.45, 7) is 2.88. The molecule has 0 aliphatic carbocycles. The number of rotatable bonds is 5. The van der Waals surface area contributed by atoms with E-state index in [9.17, 15) is 9.90 Å². The second-order valence-corrected chi connectivity index (χ2v) is 5.87. The molecular formula is C13H19IN2O2. The van der Waals surface area contributed by atoms with Gasteiger partial charge in [0, 0.05) is 9.61 Å². The van der Waals surface area contributed by atoms with Gasteiger partial charge in [0.15, 0.2) is 0 Å². The highest BCUT2D eigenvalue weighted by Crippen LogP contribution is 2.19. The summed E-state index contributed by atoms with van der Waals surface area (Å²) in [6, 6.07) is 5.07. The number of carbonyl (C=O) groups excluding carboxylic acids is 1. The van der Waals surface area contributed by atoms with E-state index in [2.05, 4.69) is 32.8 Å². The Morgan fingerprint density at radius 1 is 1.50 bits per heavy atom. The molecule has 0 heterocycles. The van der Waals surface area contributed by atoms with E-state index >= 15 is 0 Å². The number of carbonyl (C=O) groups is 1. The van der Waals surface area contributed by atoms with E-state index < -0.39 is 0 Å². The van der Waals surface area contributed by atoms with Gasteiger partial charge in [0.05, 0.1) is 5.56 Å². The zero-order valence-corrected chi connectivity index (χ0v) is 13.1. The van der Waals surface area contributed by atoms with Gasteiger partial charge in [-0.2, -0.15) is 0 Å². The lowest BCUT2D eigenvalue weighted by Crippen LogP contribution is -2.34. The van der Waals surface area contributed by atoms with Gasteiger partial charge in [-0.05, 0) is 74.8 Å². The van der Waals surface area contributed by atoms with Crippen molar-refractivity contribution in [2.75, 3.05) is 20.6 Å². The van der Waals surface area contributed by atoms with E-state index in [-0.39, 0.29) is 17.7 Å². The number of amides is 1. The van der Waals surface area contributed by atoms with Crippen LogP contribution in [0, 0.1) is 3.57 Å². The summed E-state index contributed by atoms with van der Waals surface area (Å²) < 4.78 is 0.927. The molecule has 2 N–H and O–H groups in total. The summed E-state index contributed by atoms with van der Waals surface area (Å²) in [5.41, 5.74) is 0.332. The molecule has 1 unspecified atom stereocenters. The molecule has 0 fully saturated rings. The van der Waals surface area contributed by atoms with E-state index in [0.29, 0.717) is 5.56 Å². The summed E-state index contributed by atoms with van der Waals surface area (Å²) in [5, 5.41) is 12.6. The molecule has 1 aromatic carbocycles. The van der Waals surface area contributed by atoms with E-state index in [4.69, 9.17) is 0 Å². The normalized spacial score (nSPS) is 12.5. The molecule has 0 radical (unpaired) electrons. The van der Waals surface area contributed by atoms with Crippen LogP contribution in [0.15, 0.2) is 18.2 Å². The molecule has 0 bridgehead atoms. The predicted octanol–water partition coefficient (Wildman–Crippen LogP) is 2.07. The van der Waals surface area contributed by atoms with Gasteiger partial charge in [-0.25, -0.2) is 0 Å². The zero-order valence-electron chi connectivity index (χ0n) is 10.9. The molecule has 0 aromatic heterocycles. The third kappa shape index (κ3) is 4.81. The summed E-state index contributed by atoms with van der Waals surface area (Å²) >= 11 is 2.12. The number of aromatic hydroxyl groups is 1. The first-order chi connectivity index (χ1) is 8.40. The van der Waals surface area contributed by atoms with Crippen LogP contribution in [0.2, 0.25) is 0 Å². The molecule has 0 saturated heterocycles. The minimum atomic E-state index is -0.225. The number of nitrogens with one attached hydrogen (secondary N) is 1. The molecule has 0 aliphatic heterocycles. The van der Waals surface area contributed by atoms with Crippen LogP contribution in [0.25, 0.3) is 0 Å². The minimum absolute atomic E-state index is 0.0210. The monoisotopic (exact) mass is 362 g/mol. The fourth-order valence-electron chi connectivity index (χ4n) is 1.52. The Morgan fingerprint density at radius 3 is 2.78 bits per heavy atom. The van der Waals surface area contributed by atoms with Crippen molar-refractivity contribution in [2.45, 2.75) is 19.4 Å². The summed E-state index contributed by atoms with van der Waals surface area (Å²) in [5.74, 6) is -0.204. The van der Waals surface area contributed by atoms with Crippen LogP contribution >= 0.6 is 22.6 Å². The minimum Gasteiger partial charge on any atom is -0.507 e. The lowest BCUT2D eigenvalue weighted by Gasteiger charge is -2.17. The van der Waals surface area contributed by atoms with Crippen molar-refractivity contribution >= 4 is 28.5 Å². The third-order valence-electron chi connectivity index (χ3n) is 2.59. The molecule has 1 rings (SSSR count). The molecule has 5 heteroatoms. The van der Waals surface area contributed by atoms with E-state index in [1.807, 2.05) is 21.0 Å². The van der Waals surface area contributed by atoms with Gasteiger partial charge in [0.1, 0.15) is 5.75 Å². The van der Waals surface area contributed by atoms with Crippen LogP contribution in [-0.4, -0.2) is 42.6 Å². The molecule has 18 heavy (non-hydrogen) atoms. The standard InChI is InChI=1S/C13H19IN2O2/c1-9(6-7-16(2)3)15-13(18)11-8-10(14)4-5-12(11)17/h4-5,8-9,17H,6-7H2,1-3H3,(H,15,18). The summed E-state index contributed by atoms with van der Waals surface area (Å²) in [6.07, 6.45) is 0.878. The molecule has 100 valence electrons. The molecule has 0 spiro atoms. The van der Waals surface area contributed by atoms with Crippen molar-refractivity contribution in [1.29, 1.82) is 0 Å².